The number of para-hydroxylation sites is 2. The average molecular weight is 292 g/mol. The van der Waals surface area contributed by atoms with Crippen LogP contribution in [-0.2, 0) is 4.79 Å². The predicted molar refractivity (Wildman–Crippen MR) is 87.5 cm³/mol. The molecule has 118 valence electrons. The maximum Gasteiger partial charge on any atom is 0.231 e. The van der Waals surface area contributed by atoms with Crippen molar-refractivity contribution in [2.75, 3.05) is 11.9 Å². The van der Waals surface area contributed by atoms with Gasteiger partial charge in [0.25, 0.3) is 0 Å². The molecule has 0 spiro atoms. The van der Waals surface area contributed by atoms with E-state index in [1.165, 1.54) is 0 Å². The van der Waals surface area contributed by atoms with Crippen molar-refractivity contribution in [3.63, 3.8) is 0 Å². The van der Waals surface area contributed by atoms with Crippen LogP contribution < -0.4 is 15.8 Å². The molecule has 0 radical (unpaired) electrons. The number of ether oxygens (including phenoxy) is 1. The van der Waals surface area contributed by atoms with Gasteiger partial charge in [0, 0.05) is 5.54 Å². The van der Waals surface area contributed by atoms with Crippen LogP contribution >= 0.6 is 0 Å². The lowest BCUT2D eigenvalue weighted by Crippen LogP contribution is -2.53. The van der Waals surface area contributed by atoms with Crippen molar-refractivity contribution in [3.05, 3.63) is 24.3 Å². The summed E-state index contributed by atoms with van der Waals surface area (Å²) >= 11 is 0. The van der Waals surface area contributed by atoms with Crippen molar-refractivity contribution in [1.29, 1.82) is 0 Å². The van der Waals surface area contributed by atoms with E-state index in [1.54, 1.807) is 0 Å². The van der Waals surface area contributed by atoms with Gasteiger partial charge >= 0.3 is 0 Å². The van der Waals surface area contributed by atoms with Gasteiger partial charge in [-0.1, -0.05) is 26.0 Å². The molecule has 0 aliphatic heterocycles. The molecule has 21 heavy (non-hydrogen) atoms. The van der Waals surface area contributed by atoms with Gasteiger partial charge in [0.1, 0.15) is 5.75 Å². The standard InChI is InChI=1S/C17H28N2O2/c1-12(2)11-21-14-10-8-7-9-13(14)19-15(20)16(3,4)17(5,6)18/h7-10,12H,11,18H2,1-6H3,(H,19,20). The summed E-state index contributed by atoms with van der Waals surface area (Å²) in [4.78, 5) is 12.5. The van der Waals surface area contributed by atoms with Crippen LogP contribution in [0.2, 0.25) is 0 Å². The van der Waals surface area contributed by atoms with E-state index in [0.29, 0.717) is 24.0 Å². The number of rotatable bonds is 6. The first-order valence-electron chi connectivity index (χ1n) is 7.38. The average Bonchev–Trinajstić information content (AvgIpc) is 2.36. The predicted octanol–water partition coefficient (Wildman–Crippen LogP) is 3.42. The highest BCUT2D eigenvalue weighted by Gasteiger charge is 2.40. The molecule has 0 atom stereocenters. The van der Waals surface area contributed by atoms with Gasteiger partial charge in [0.15, 0.2) is 0 Å². The molecule has 0 saturated heterocycles. The molecule has 0 aliphatic rings. The molecule has 0 aliphatic carbocycles. The smallest absolute Gasteiger partial charge is 0.231 e. The molecule has 4 heteroatoms. The molecule has 3 N–H and O–H groups in total. The molecule has 1 rings (SSSR count). The van der Waals surface area contributed by atoms with E-state index in [-0.39, 0.29) is 5.91 Å². The summed E-state index contributed by atoms with van der Waals surface area (Å²) in [6.45, 7) is 12.2. The third kappa shape index (κ3) is 4.46. The number of amides is 1. The Morgan fingerprint density at radius 1 is 1.24 bits per heavy atom. The van der Waals surface area contributed by atoms with Crippen LogP contribution in [0.5, 0.6) is 5.75 Å². The quantitative estimate of drug-likeness (QED) is 0.844. The van der Waals surface area contributed by atoms with Gasteiger partial charge in [0.05, 0.1) is 17.7 Å². The van der Waals surface area contributed by atoms with Crippen molar-refractivity contribution < 1.29 is 9.53 Å². The molecule has 4 nitrogen and oxygen atoms in total. The van der Waals surface area contributed by atoms with Crippen molar-refractivity contribution in [1.82, 2.24) is 0 Å². The van der Waals surface area contributed by atoms with E-state index >= 15 is 0 Å². The maximum absolute atomic E-state index is 12.5. The summed E-state index contributed by atoms with van der Waals surface area (Å²) in [5, 5.41) is 2.94. The van der Waals surface area contributed by atoms with Gasteiger partial charge in [-0.15, -0.1) is 0 Å². The number of benzene rings is 1. The minimum absolute atomic E-state index is 0.115. The van der Waals surface area contributed by atoms with Crippen molar-refractivity contribution in [2.24, 2.45) is 17.1 Å². The SMILES string of the molecule is CC(C)COc1ccccc1NC(=O)C(C)(C)C(C)(C)N. The Kier molecular flexibility index (Phi) is 5.40. The zero-order valence-electron chi connectivity index (χ0n) is 14.0. The normalized spacial score (nSPS) is 12.4. The maximum atomic E-state index is 12.5. The summed E-state index contributed by atoms with van der Waals surface area (Å²) in [5.74, 6) is 0.994. The van der Waals surface area contributed by atoms with Crippen LogP contribution in [-0.4, -0.2) is 18.1 Å². The Morgan fingerprint density at radius 2 is 1.81 bits per heavy atom. The lowest BCUT2D eigenvalue weighted by molar-refractivity contribution is -0.126. The molecule has 0 heterocycles. The van der Waals surface area contributed by atoms with Crippen molar-refractivity contribution in [3.8, 4) is 5.75 Å². The van der Waals surface area contributed by atoms with E-state index in [4.69, 9.17) is 10.5 Å². The van der Waals surface area contributed by atoms with E-state index in [2.05, 4.69) is 19.2 Å². The van der Waals surface area contributed by atoms with Crippen molar-refractivity contribution >= 4 is 11.6 Å². The van der Waals surface area contributed by atoms with Crippen LogP contribution in [0, 0.1) is 11.3 Å². The van der Waals surface area contributed by atoms with E-state index in [1.807, 2.05) is 52.0 Å². The van der Waals surface area contributed by atoms with Crippen LogP contribution in [0.25, 0.3) is 0 Å². The molecule has 0 unspecified atom stereocenters. The summed E-state index contributed by atoms with van der Waals surface area (Å²) in [7, 11) is 0. The summed E-state index contributed by atoms with van der Waals surface area (Å²) in [5.41, 5.74) is 5.48. The zero-order valence-corrected chi connectivity index (χ0v) is 14.0. The van der Waals surface area contributed by atoms with Crippen LogP contribution in [0.15, 0.2) is 24.3 Å². The molecule has 0 bridgehead atoms. The van der Waals surface area contributed by atoms with Gasteiger partial charge in [-0.2, -0.15) is 0 Å². The van der Waals surface area contributed by atoms with Gasteiger partial charge in [-0.3, -0.25) is 4.79 Å². The zero-order chi connectivity index (χ0) is 16.3. The summed E-state index contributed by atoms with van der Waals surface area (Å²) in [6, 6.07) is 7.47. The van der Waals surface area contributed by atoms with Gasteiger partial charge in [-0.05, 0) is 45.7 Å². The van der Waals surface area contributed by atoms with Gasteiger partial charge in [0.2, 0.25) is 5.91 Å². The van der Waals surface area contributed by atoms with Crippen molar-refractivity contribution in [2.45, 2.75) is 47.1 Å². The molecule has 0 saturated carbocycles. The second-order valence-corrected chi connectivity index (χ2v) is 7.00. The molecular weight excluding hydrogens is 264 g/mol. The molecule has 1 aromatic carbocycles. The Balaban J connectivity index is 2.91. The Labute approximate surface area is 128 Å². The third-order valence-corrected chi connectivity index (χ3v) is 3.89. The fourth-order valence-corrected chi connectivity index (χ4v) is 1.52. The third-order valence-electron chi connectivity index (χ3n) is 3.89. The molecule has 1 amide bonds. The van der Waals surface area contributed by atoms with Gasteiger partial charge < -0.3 is 15.8 Å². The monoisotopic (exact) mass is 292 g/mol. The number of nitrogens with one attached hydrogen (secondary N) is 1. The van der Waals surface area contributed by atoms with Gasteiger partial charge in [-0.25, -0.2) is 0 Å². The van der Waals surface area contributed by atoms with E-state index < -0.39 is 11.0 Å². The minimum atomic E-state index is -0.696. The lowest BCUT2D eigenvalue weighted by atomic mass is 9.74. The van der Waals surface area contributed by atoms with E-state index in [9.17, 15) is 4.79 Å². The van der Waals surface area contributed by atoms with Crippen LogP contribution in [0.3, 0.4) is 0 Å². The minimum Gasteiger partial charge on any atom is -0.491 e. The number of carbonyl (C=O) groups excluding carboxylic acids is 1. The lowest BCUT2D eigenvalue weighted by Gasteiger charge is -2.37. The fraction of sp³-hybridized carbons (Fsp3) is 0.588. The molecule has 0 fully saturated rings. The molecule has 1 aromatic rings. The second-order valence-electron chi connectivity index (χ2n) is 7.00. The number of hydrogen-bond acceptors (Lipinski definition) is 3. The largest absolute Gasteiger partial charge is 0.491 e. The second kappa shape index (κ2) is 6.48. The van der Waals surface area contributed by atoms with Crippen LogP contribution in [0.1, 0.15) is 41.5 Å². The Morgan fingerprint density at radius 3 is 2.33 bits per heavy atom. The highest BCUT2D eigenvalue weighted by atomic mass is 16.5. The highest BCUT2D eigenvalue weighted by molar-refractivity contribution is 5.96. The first-order chi connectivity index (χ1) is 9.55. The first-order valence-corrected chi connectivity index (χ1v) is 7.38. The topological polar surface area (TPSA) is 64.3 Å². The summed E-state index contributed by atoms with van der Waals surface area (Å²) < 4.78 is 5.75. The van der Waals surface area contributed by atoms with Crippen LogP contribution in [0.4, 0.5) is 5.69 Å². The number of hydrogen-bond donors (Lipinski definition) is 2. The molecular formula is C17H28N2O2. The number of anilines is 1. The Bertz CT molecular complexity index is 488. The fourth-order valence-electron chi connectivity index (χ4n) is 1.52. The highest BCUT2D eigenvalue weighted by Crippen LogP contribution is 2.32. The first kappa shape index (κ1) is 17.5. The molecule has 0 aromatic heterocycles. The Hall–Kier alpha value is -1.55. The number of carbonyl (C=O) groups is 1. The van der Waals surface area contributed by atoms with E-state index in [0.717, 1.165) is 0 Å². The summed E-state index contributed by atoms with van der Waals surface area (Å²) in [6.07, 6.45) is 0. The number of nitrogens with two attached hydrogens (primary N) is 1.